The molecule has 8 heteroatoms. The van der Waals surface area contributed by atoms with E-state index in [-0.39, 0.29) is 5.75 Å². The summed E-state index contributed by atoms with van der Waals surface area (Å²) in [4.78, 5) is 23.5. The zero-order valence-corrected chi connectivity index (χ0v) is 15.4. The van der Waals surface area contributed by atoms with Crippen LogP contribution in [-0.2, 0) is 16.1 Å². The fraction of sp³-hybridized carbons (Fsp3) is 0.0952. The van der Waals surface area contributed by atoms with Crippen molar-refractivity contribution in [2.24, 2.45) is 0 Å². The van der Waals surface area contributed by atoms with E-state index in [1.54, 1.807) is 29.2 Å². The first-order valence-corrected chi connectivity index (χ1v) is 8.81. The Bertz CT molecular complexity index is 1000. The Morgan fingerprint density at radius 3 is 2.62 bits per heavy atom. The number of para-hydroxylation sites is 1. The molecule has 2 aromatic carbocycles. The average Bonchev–Trinajstić information content (AvgIpc) is 3.18. The van der Waals surface area contributed by atoms with Gasteiger partial charge in [-0.1, -0.05) is 42.5 Å². The van der Waals surface area contributed by atoms with Crippen molar-refractivity contribution >= 4 is 17.9 Å². The van der Waals surface area contributed by atoms with Gasteiger partial charge in [0.25, 0.3) is 11.8 Å². The Hall–Kier alpha value is -3.94. The molecule has 1 heterocycles. The maximum atomic E-state index is 13.4. The van der Waals surface area contributed by atoms with Gasteiger partial charge in [0, 0.05) is 17.8 Å². The van der Waals surface area contributed by atoms with Gasteiger partial charge in [-0.05, 0) is 23.8 Å². The maximum absolute atomic E-state index is 13.4. The number of nitrogens with one attached hydrogen (secondary N) is 2. The minimum atomic E-state index is -0.620. The zero-order valence-electron chi connectivity index (χ0n) is 15.4. The van der Waals surface area contributed by atoms with Gasteiger partial charge < -0.3 is 4.74 Å². The third-order valence-electron chi connectivity index (χ3n) is 3.79. The molecule has 3 rings (SSSR count). The van der Waals surface area contributed by atoms with Gasteiger partial charge in [0.1, 0.15) is 0 Å². The summed E-state index contributed by atoms with van der Waals surface area (Å²) in [6.07, 6.45) is 6.28. The van der Waals surface area contributed by atoms with Crippen LogP contribution in [0.5, 0.6) is 5.75 Å². The lowest BCUT2D eigenvalue weighted by molar-refractivity contribution is -0.128. The van der Waals surface area contributed by atoms with Crippen molar-refractivity contribution in [3.63, 3.8) is 0 Å². The predicted molar refractivity (Wildman–Crippen MR) is 105 cm³/mol. The normalized spacial score (nSPS) is 10.7. The largest absolute Gasteiger partial charge is 0.481 e. The number of carbonyl (C=O) groups excluding carboxylic acids is 2. The fourth-order valence-electron chi connectivity index (χ4n) is 2.41. The average molecular weight is 394 g/mol. The molecule has 0 aliphatic carbocycles. The third kappa shape index (κ3) is 6.31. The summed E-state index contributed by atoms with van der Waals surface area (Å²) >= 11 is 0. The first-order valence-electron chi connectivity index (χ1n) is 8.81. The summed E-state index contributed by atoms with van der Waals surface area (Å²) in [5.41, 5.74) is 6.27. The van der Waals surface area contributed by atoms with Crippen LogP contribution in [0.3, 0.4) is 0 Å². The van der Waals surface area contributed by atoms with Gasteiger partial charge >= 0.3 is 0 Å². The molecule has 0 aliphatic heterocycles. The third-order valence-corrected chi connectivity index (χ3v) is 3.79. The molecule has 0 saturated carbocycles. The maximum Gasteiger partial charge on any atom is 0.276 e. The van der Waals surface area contributed by atoms with Crippen molar-refractivity contribution in [1.29, 1.82) is 0 Å². The van der Waals surface area contributed by atoms with E-state index in [1.807, 2.05) is 30.3 Å². The second-order valence-electron chi connectivity index (χ2n) is 6.05. The number of hydrogen-bond donors (Lipinski definition) is 2. The topological polar surface area (TPSA) is 85.3 Å². The summed E-state index contributed by atoms with van der Waals surface area (Å²) < 4.78 is 20.2. The second kappa shape index (κ2) is 9.84. The quantitative estimate of drug-likeness (QED) is 0.476. The second-order valence-corrected chi connectivity index (χ2v) is 6.05. The van der Waals surface area contributed by atoms with E-state index < -0.39 is 24.2 Å². The molecule has 7 nitrogen and oxygen atoms in total. The molecule has 29 heavy (non-hydrogen) atoms. The molecule has 2 N–H and O–H groups in total. The SMILES string of the molecule is O=C(/C=C/c1cnn(Cc2ccccc2)c1)NNC(=O)COc1ccccc1F. The van der Waals surface area contributed by atoms with E-state index in [1.165, 1.54) is 24.3 Å². The van der Waals surface area contributed by atoms with Gasteiger partial charge in [0.05, 0.1) is 12.7 Å². The molecule has 0 radical (unpaired) electrons. The minimum Gasteiger partial charge on any atom is -0.481 e. The molecular formula is C21H19FN4O3. The molecular weight excluding hydrogens is 375 g/mol. The lowest BCUT2D eigenvalue weighted by Crippen LogP contribution is -2.43. The van der Waals surface area contributed by atoms with Crippen LogP contribution < -0.4 is 15.6 Å². The van der Waals surface area contributed by atoms with Crippen LogP contribution in [0.2, 0.25) is 0 Å². The first-order chi connectivity index (χ1) is 14.1. The number of nitrogens with zero attached hydrogens (tertiary/aromatic N) is 2. The summed E-state index contributed by atoms with van der Waals surface area (Å²) in [5, 5.41) is 4.24. The van der Waals surface area contributed by atoms with Crippen LogP contribution in [-0.4, -0.2) is 28.2 Å². The molecule has 2 amide bonds. The highest BCUT2D eigenvalue weighted by molar-refractivity contribution is 5.93. The van der Waals surface area contributed by atoms with Crippen molar-refractivity contribution in [3.8, 4) is 5.75 Å². The molecule has 0 fully saturated rings. The van der Waals surface area contributed by atoms with E-state index in [9.17, 15) is 14.0 Å². The Balaban J connectivity index is 1.41. The van der Waals surface area contributed by atoms with E-state index >= 15 is 0 Å². The number of rotatable bonds is 7. The molecule has 148 valence electrons. The zero-order chi connectivity index (χ0) is 20.5. The molecule has 0 saturated heterocycles. The predicted octanol–water partition coefficient (Wildman–Crippen LogP) is 2.31. The number of benzene rings is 2. The minimum absolute atomic E-state index is 0.0404. The van der Waals surface area contributed by atoms with Gasteiger partial charge in [-0.15, -0.1) is 0 Å². The monoisotopic (exact) mass is 394 g/mol. The highest BCUT2D eigenvalue weighted by atomic mass is 19.1. The smallest absolute Gasteiger partial charge is 0.276 e. The fourth-order valence-corrected chi connectivity index (χ4v) is 2.41. The highest BCUT2D eigenvalue weighted by Crippen LogP contribution is 2.14. The molecule has 1 aromatic heterocycles. The highest BCUT2D eigenvalue weighted by Gasteiger charge is 2.07. The number of hydrazine groups is 1. The van der Waals surface area contributed by atoms with Gasteiger partial charge in [0.2, 0.25) is 0 Å². The van der Waals surface area contributed by atoms with Crippen LogP contribution >= 0.6 is 0 Å². The standard InChI is InChI=1S/C21H19FN4O3/c22-18-8-4-5-9-19(18)29-15-21(28)25-24-20(27)11-10-17-12-23-26(14-17)13-16-6-2-1-3-7-16/h1-12,14H,13,15H2,(H,24,27)(H,25,28)/b11-10+. The Kier molecular flexibility index (Phi) is 6.72. The van der Waals surface area contributed by atoms with Gasteiger partial charge in [-0.2, -0.15) is 5.10 Å². The van der Waals surface area contributed by atoms with Crippen molar-refractivity contribution in [1.82, 2.24) is 20.6 Å². The number of aromatic nitrogens is 2. The Morgan fingerprint density at radius 1 is 1.07 bits per heavy atom. The molecule has 0 unspecified atom stereocenters. The molecule has 0 atom stereocenters. The van der Waals surface area contributed by atoms with Crippen LogP contribution in [0.4, 0.5) is 4.39 Å². The summed E-state index contributed by atoms with van der Waals surface area (Å²) in [6.45, 7) is 0.191. The van der Waals surface area contributed by atoms with Crippen molar-refractivity contribution in [2.75, 3.05) is 6.61 Å². The van der Waals surface area contributed by atoms with Crippen LogP contribution in [0.25, 0.3) is 6.08 Å². The van der Waals surface area contributed by atoms with E-state index in [4.69, 9.17) is 4.74 Å². The number of carbonyl (C=O) groups is 2. The van der Waals surface area contributed by atoms with Crippen molar-refractivity contribution < 1.29 is 18.7 Å². The van der Waals surface area contributed by atoms with Gasteiger partial charge in [-0.25, -0.2) is 4.39 Å². The van der Waals surface area contributed by atoms with Crippen LogP contribution in [0.1, 0.15) is 11.1 Å². The number of ether oxygens (including phenoxy) is 1. The first kappa shape index (κ1) is 19.8. The lowest BCUT2D eigenvalue weighted by Gasteiger charge is -2.08. The number of halogens is 1. The van der Waals surface area contributed by atoms with E-state index in [0.717, 1.165) is 11.1 Å². The molecule has 0 spiro atoms. The van der Waals surface area contributed by atoms with Gasteiger partial charge in [0.15, 0.2) is 18.2 Å². The molecule has 0 aliphatic rings. The summed E-state index contributed by atoms with van der Waals surface area (Å²) in [7, 11) is 0. The lowest BCUT2D eigenvalue weighted by atomic mass is 10.2. The van der Waals surface area contributed by atoms with Gasteiger partial charge in [-0.3, -0.25) is 25.1 Å². The van der Waals surface area contributed by atoms with Crippen LogP contribution in [0.15, 0.2) is 73.1 Å². The van der Waals surface area contributed by atoms with E-state index in [0.29, 0.717) is 6.54 Å². The summed E-state index contributed by atoms with van der Waals surface area (Å²) in [5.74, 6) is -1.76. The van der Waals surface area contributed by atoms with E-state index in [2.05, 4.69) is 16.0 Å². The molecule has 3 aromatic rings. The number of amides is 2. The Labute approximate surface area is 166 Å². The summed E-state index contributed by atoms with van der Waals surface area (Å²) in [6, 6.07) is 15.6. The van der Waals surface area contributed by atoms with Crippen molar-refractivity contribution in [2.45, 2.75) is 6.54 Å². The Morgan fingerprint density at radius 2 is 1.83 bits per heavy atom. The van der Waals surface area contributed by atoms with Crippen molar-refractivity contribution in [3.05, 3.63) is 90.0 Å². The van der Waals surface area contributed by atoms with Crippen LogP contribution in [0, 0.1) is 5.82 Å². The number of hydrogen-bond acceptors (Lipinski definition) is 4. The molecule has 0 bridgehead atoms.